The Bertz CT molecular complexity index is 787. The summed E-state index contributed by atoms with van der Waals surface area (Å²) in [4.78, 5) is 27.7. The molecule has 2 heterocycles. The van der Waals surface area contributed by atoms with Gasteiger partial charge in [0, 0.05) is 24.7 Å². The van der Waals surface area contributed by atoms with E-state index in [2.05, 4.69) is 0 Å². The van der Waals surface area contributed by atoms with Crippen LogP contribution >= 0.6 is 0 Å². The predicted molar refractivity (Wildman–Crippen MR) is 97.8 cm³/mol. The smallest absolute Gasteiger partial charge is 0.410 e. The van der Waals surface area contributed by atoms with Crippen molar-refractivity contribution in [2.75, 3.05) is 20.1 Å². The highest BCUT2D eigenvalue weighted by Crippen LogP contribution is 2.51. The molecule has 1 aliphatic carbocycles. The fraction of sp³-hybridized carbons (Fsp3) is 0.600. The second-order valence-electron chi connectivity index (χ2n) is 8.91. The molecule has 1 unspecified atom stereocenters. The van der Waals surface area contributed by atoms with Gasteiger partial charge in [-0.05, 0) is 52.6 Å². The van der Waals surface area contributed by atoms with Crippen LogP contribution in [0.15, 0.2) is 18.2 Å². The minimum absolute atomic E-state index is 0.106. The van der Waals surface area contributed by atoms with Crippen LogP contribution in [0.2, 0.25) is 0 Å². The largest absolute Gasteiger partial charge is 0.480 e. The lowest BCUT2D eigenvalue weighted by Crippen LogP contribution is -2.56. The number of carboxylic acids is 1. The van der Waals surface area contributed by atoms with Gasteiger partial charge in [0.25, 0.3) is 0 Å². The van der Waals surface area contributed by atoms with Crippen molar-refractivity contribution >= 4 is 12.1 Å². The third kappa shape index (κ3) is 3.83. The van der Waals surface area contributed by atoms with Crippen LogP contribution < -0.4 is 0 Å². The number of halogens is 2. The Labute approximate surface area is 163 Å². The number of hydrogen-bond donors (Lipinski definition) is 1. The molecule has 8 heteroatoms. The number of carboxylic acid groups (broad SMARTS) is 1. The lowest BCUT2D eigenvalue weighted by molar-refractivity contribution is -0.144. The summed E-state index contributed by atoms with van der Waals surface area (Å²) < 4.78 is 32.9. The Morgan fingerprint density at radius 1 is 1.36 bits per heavy atom. The minimum Gasteiger partial charge on any atom is -0.480 e. The number of fused-ring (bicyclic) bond motifs is 1. The molecule has 2 saturated heterocycles. The summed E-state index contributed by atoms with van der Waals surface area (Å²) in [6.07, 6.45) is 1.10. The molecule has 6 nitrogen and oxygen atoms in total. The molecule has 2 aliphatic heterocycles. The first-order valence-corrected chi connectivity index (χ1v) is 9.30. The zero-order valence-corrected chi connectivity index (χ0v) is 16.5. The van der Waals surface area contributed by atoms with Gasteiger partial charge in [-0.25, -0.2) is 13.6 Å². The number of benzene rings is 1. The van der Waals surface area contributed by atoms with Gasteiger partial charge in [-0.3, -0.25) is 9.69 Å². The van der Waals surface area contributed by atoms with Gasteiger partial charge in [-0.15, -0.1) is 0 Å². The molecule has 2 bridgehead atoms. The van der Waals surface area contributed by atoms with Crippen molar-refractivity contribution < 1.29 is 28.2 Å². The molecule has 0 spiro atoms. The number of amides is 1. The molecule has 154 valence electrons. The van der Waals surface area contributed by atoms with E-state index in [1.807, 2.05) is 0 Å². The van der Waals surface area contributed by atoms with Crippen LogP contribution in [0.5, 0.6) is 0 Å². The van der Waals surface area contributed by atoms with Crippen LogP contribution in [0.3, 0.4) is 0 Å². The molecule has 1 atom stereocenters. The molecule has 3 aliphatic rings. The van der Waals surface area contributed by atoms with Crippen molar-refractivity contribution in [3.05, 3.63) is 35.4 Å². The number of rotatable bonds is 5. The summed E-state index contributed by atoms with van der Waals surface area (Å²) in [6, 6.07) is 1.60. The van der Waals surface area contributed by atoms with E-state index in [0.717, 1.165) is 25.0 Å². The summed E-state index contributed by atoms with van der Waals surface area (Å²) in [5, 5.41) is 9.68. The first-order chi connectivity index (χ1) is 12.9. The monoisotopic (exact) mass is 396 g/mol. The van der Waals surface area contributed by atoms with Crippen LogP contribution in [-0.4, -0.2) is 58.2 Å². The van der Waals surface area contributed by atoms with Gasteiger partial charge in [0.05, 0.1) is 5.54 Å². The highest BCUT2D eigenvalue weighted by molar-refractivity contribution is 5.76. The average Bonchev–Trinajstić information content (AvgIpc) is 3.02. The molecule has 1 N–H and O–H groups in total. The van der Waals surface area contributed by atoms with E-state index in [0.29, 0.717) is 18.5 Å². The molecule has 1 aromatic rings. The normalized spacial score (nSPS) is 24.8. The van der Waals surface area contributed by atoms with Gasteiger partial charge in [0.2, 0.25) is 0 Å². The van der Waals surface area contributed by atoms with Crippen molar-refractivity contribution in [2.45, 2.75) is 50.8 Å². The molecule has 4 rings (SSSR count). The summed E-state index contributed by atoms with van der Waals surface area (Å²) in [5.74, 6) is -2.53. The fourth-order valence-electron chi connectivity index (χ4n) is 4.45. The zero-order valence-electron chi connectivity index (χ0n) is 16.5. The first kappa shape index (κ1) is 20.5. The maximum Gasteiger partial charge on any atom is 0.410 e. The van der Waals surface area contributed by atoms with Crippen molar-refractivity contribution in [1.29, 1.82) is 0 Å². The highest BCUT2D eigenvalue weighted by atomic mass is 19.1. The second kappa shape index (κ2) is 6.99. The number of carbonyl (C=O) groups excluding carboxylic acids is 1. The van der Waals surface area contributed by atoms with E-state index >= 15 is 0 Å². The standard InChI is InChI=1S/C20H26F2N2O4/c1-19(2,3)28-18(27)24-10-12-8-20(24,9-12)11-23(4)16(17(25)26)14-6-5-13(21)7-15(14)22/h5-7,12,16H,8-11H2,1-4H3,(H,25,26). The molecule has 1 saturated carbocycles. The third-order valence-corrected chi connectivity index (χ3v) is 5.44. The van der Waals surface area contributed by atoms with Crippen molar-refractivity contribution in [2.24, 2.45) is 5.92 Å². The topological polar surface area (TPSA) is 70.1 Å². The van der Waals surface area contributed by atoms with Crippen molar-refractivity contribution in [3.8, 4) is 0 Å². The number of carbonyl (C=O) groups is 2. The van der Waals surface area contributed by atoms with Crippen LogP contribution in [0.25, 0.3) is 0 Å². The van der Waals surface area contributed by atoms with E-state index in [1.54, 1.807) is 32.7 Å². The van der Waals surface area contributed by atoms with E-state index in [9.17, 15) is 23.5 Å². The fourth-order valence-corrected chi connectivity index (χ4v) is 4.45. The van der Waals surface area contributed by atoms with Crippen LogP contribution in [-0.2, 0) is 9.53 Å². The molecular weight excluding hydrogens is 370 g/mol. The Morgan fingerprint density at radius 2 is 2.00 bits per heavy atom. The Hall–Kier alpha value is -2.22. The lowest BCUT2D eigenvalue weighted by atomic mass is 9.73. The SMILES string of the molecule is CN(CC12CC(CN1C(=O)OC(C)(C)C)C2)C(C(=O)O)c1ccc(F)cc1F. The number of hydrogen-bond acceptors (Lipinski definition) is 4. The van der Waals surface area contributed by atoms with Gasteiger partial charge in [0.1, 0.15) is 23.3 Å². The molecule has 28 heavy (non-hydrogen) atoms. The van der Waals surface area contributed by atoms with E-state index < -0.39 is 40.9 Å². The maximum atomic E-state index is 14.2. The Kier molecular flexibility index (Phi) is 5.12. The van der Waals surface area contributed by atoms with Crippen LogP contribution in [0, 0.1) is 17.6 Å². The van der Waals surface area contributed by atoms with Gasteiger partial charge >= 0.3 is 12.1 Å². The first-order valence-electron chi connectivity index (χ1n) is 9.30. The second-order valence-corrected chi connectivity index (χ2v) is 8.91. The molecule has 1 aromatic carbocycles. The van der Waals surface area contributed by atoms with Gasteiger partial charge in [-0.2, -0.15) is 0 Å². The Balaban J connectivity index is 1.80. The van der Waals surface area contributed by atoms with Gasteiger partial charge in [-0.1, -0.05) is 6.07 Å². The summed E-state index contributed by atoms with van der Waals surface area (Å²) in [5.41, 5.74) is -1.25. The molecule has 0 aromatic heterocycles. The van der Waals surface area contributed by atoms with E-state index in [4.69, 9.17) is 4.74 Å². The number of nitrogens with zero attached hydrogens (tertiary/aromatic N) is 2. The summed E-state index contributed by atoms with van der Waals surface area (Å²) >= 11 is 0. The highest BCUT2D eigenvalue weighted by Gasteiger charge is 2.59. The molecule has 3 fully saturated rings. The predicted octanol–water partition coefficient (Wildman–Crippen LogP) is 3.42. The van der Waals surface area contributed by atoms with Gasteiger partial charge in [0.15, 0.2) is 0 Å². The van der Waals surface area contributed by atoms with E-state index in [1.165, 1.54) is 4.90 Å². The lowest BCUT2D eigenvalue weighted by Gasteiger charge is -2.45. The molecule has 1 amide bonds. The van der Waals surface area contributed by atoms with Gasteiger partial charge < -0.3 is 14.7 Å². The zero-order chi connectivity index (χ0) is 20.9. The number of aliphatic carboxylic acids is 1. The summed E-state index contributed by atoms with van der Waals surface area (Å²) in [7, 11) is 1.58. The molecular formula is C20H26F2N2O4. The van der Waals surface area contributed by atoms with Crippen molar-refractivity contribution in [3.63, 3.8) is 0 Å². The summed E-state index contributed by atoms with van der Waals surface area (Å²) in [6.45, 7) is 6.22. The Morgan fingerprint density at radius 3 is 2.54 bits per heavy atom. The average molecular weight is 396 g/mol. The minimum atomic E-state index is -1.28. The molecule has 0 radical (unpaired) electrons. The maximum absolute atomic E-state index is 14.2. The van der Waals surface area contributed by atoms with Crippen LogP contribution in [0.1, 0.15) is 45.2 Å². The number of ether oxygens (including phenoxy) is 1. The quantitative estimate of drug-likeness (QED) is 0.826. The number of likely N-dealkylation sites (N-methyl/N-ethyl adjacent to an activating group) is 1. The third-order valence-electron chi connectivity index (χ3n) is 5.44. The van der Waals surface area contributed by atoms with Crippen molar-refractivity contribution in [1.82, 2.24) is 9.80 Å². The van der Waals surface area contributed by atoms with E-state index in [-0.39, 0.29) is 12.1 Å². The van der Waals surface area contributed by atoms with Crippen LogP contribution in [0.4, 0.5) is 13.6 Å².